The van der Waals surface area contributed by atoms with Gasteiger partial charge in [-0.05, 0) is 24.1 Å². The third-order valence-corrected chi connectivity index (χ3v) is 5.35. The smallest absolute Gasteiger partial charge is 0.272 e. The van der Waals surface area contributed by atoms with Crippen molar-refractivity contribution in [2.45, 2.75) is 19.9 Å². The summed E-state index contributed by atoms with van der Waals surface area (Å²) in [5.41, 5.74) is 3.49. The number of hydrogen-bond donors (Lipinski definition) is 0. The van der Waals surface area contributed by atoms with E-state index in [0.29, 0.717) is 23.5 Å². The molecule has 1 aliphatic rings. The van der Waals surface area contributed by atoms with Crippen molar-refractivity contribution >= 4 is 11.6 Å². The van der Waals surface area contributed by atoms with E-state index in [1.807, 2.05) is 40.6 Å². The van der Waals surface area contributed by atoms with Gasteiger partial charge in [-0.2, -0.15) is 0 Å². The first kappa shape index (κ1) is 18.5. The number of methoxy groups -OCH3 is 1. The summed E-state index contributed by atoms with van der Waals surface area (Å²) in [6.45, 7) is 6.17. The highest BCUT2D eigenvalue weighted by molar-refractivity contribution is 5.95. The van der Waals surface area contributed by atoms with Crippen molar-refractivity contribution in [1.82, 2.24) is 19.2 Å². The SMILES string of the molecule is CCc1nc2c(OC)cccn2c1C(=O)N1CCN(Cc2ccccc2)CC1. The Morgan fingerprint density at radius 3 is 2.50 bits per heavy atom. The van der Waals surface area contributed by atoms with Crippen LogP contribution in [0.25, 0.3) is 5.65 Å². The summed E-state index contributed by atoms with van der Waals surface area (Å²) in [5, 5.41) is 0. The maximum Gasteiger partial charge on any atom is 0.272 e. The van der Waals surface area contributed by atoms with Crippen LogP contribution < -0.4 is 4.74 Å². The Balaban J connectivity index is 1.51. The predicted molar refractivity (Wildman–Crippen MR) is 109 cm³/mol. The maximum atomic E-state index is 13.3. The zero-order valence-electron chi connectivity index (χ0n) is 16.5. The van der Waals surface area contributed by atoms with E-state index in [-0.39, 0.29) is 5.91 Å². The quantitative estimate of drug-likeness (QED) is 0.685. The van der Waals surface area contributed by atoms with Crippen LogP contribution in [0, 0.1) is 0 Å². The zero-order chi connectivity index (χ0) is 19.5. The molecule has 146 valence electrons. The van der Waals surface area contributed by atoms with Gasteiger partial charge in [0, 0.05) is 38.9 Å². The number of piperazine rings is 1. The summed E-state index contributed by atoms with van der Waals surface area (Å²) in [5.74, 6) is 0.737. The minimum Gasteiger partial charge on any atom is -0.493 e. The third kappa shape index (κ3) is 3.47. The first-order valence-electron chi connectivity index (χ1n) is 9.80. The van der Waals surface area contributed by atoms with Gasteiger partial charge in [-0.1, -0.05) is 37.3 Å². The Kier molecular flexibility index (Phi) is 5.30. The molecular weight excluding hydrogens is 352 g/mol. The molecule has 6 heteroatoms. The Hall–Kier alpha value is -2.86. The van der Waals surface area contributed by atoms with Crippen LogP contribution in [0.15, 0.2) is 48.7 Å². The molecule has 1 saturated heterocycles. The van der Waals surface area contributed by atoms with Crippen molar-refractivity contribution in [1.29, 1.82) is 0 Å². The number of aryl methyl sites for hydroxylation is 1. The van der Waals surface area contributed by atoms with E-state index >= 15 is 0 Å². The molecule has 1 amide bonds. The molecule has 0 atom stereocenters. The van der Waals surface area contributed by atoms with Crippen LogP contribution >= 0.6 is 0 Å². The highest BCUT2D eigenvalue weighted by Gasteiger charge is 2.27. The Morgan fingerprint density at radius 1 is 1.07 bits per heavy atom. The summed E-state index contributed by atoms with van der Waals surface area (Å²) >= 11 is 0. The molecule has 0 unspecified atom stereocenters. The van der Waals surface area contributed by atoms with E-state index in [2.05, 4.69) is 34.1 Å². The topological polar surface area (TPSA) is 50.1 Å². The van der Waals surface area contributed by atoms with Crippen LogP contribution in [0.3, 0.4) is 0 Å². The monoisotopic (exact) mass is 378 g/mol. The number of carbonyl (C=O) groups excluding carboxylic acids is 1. The van der Waals surface area contributed by atoms with Gasteiger partial charge in [0.1, 0.15) is 5.69 Å². The average molecular weight is 378 g/mol. The summed E-state index contributed by atoms with van der Waals surface area (Å²) < 4.78 is 7.29. The molecule has 2 aromatic heterocycles. The number of ether oxygens (including phenoxy) is 1. The summed E-state index contributed by atoms with van der Waals surface area (Å²) in [4.78, 5) is 22.3. The number of nitrogens with zero attached hydrogens (tertiary/aromatic N) is 4. The number of benzene rings is 1. The van der Waals surface area contributed by atoms with Crippen molar-refractivity contribution in [3.8, 4) is 5.75 Å². The van der Waals surface area contributed by atoms with E-state index in [9.17, 15) is 4.79 Å². The molecule has 6 nitrogen and oxygen atoms in total. The number of fused-ring (bicyclic) bond motifs is 1. The molecular formula is C22H26N4O2. The maximum absolute atomic E-state index is 13.3. The van der Waals surface area contributed by atoms with Crippen LogP contribution in [-0.2, 0) is 13.0 Å². The van der Waals surface area contributed by atoms with Gasteiger partial charge >= 0.3 is 0 Å². The van der Waals surface area contributed by atoms with Crippen LogP contribution in [0.4, 0.5) is 0 Å². The Morgan fingerprint density at radius 2 is 1.82 bits per heavy atom. The lowest BCUT2D eigenvalue weighted by Crippen LogP contribution is -2.48. The number of rotatable bonds is 5. The van der Waals surface area contributed by atoms with Crippen molar-refractivity contribution in [3.63, 3.8) is 0 Å². The fourth-order valence-electron chi connectivity index (χ4n) is 3.82. The van der Waals surface area contributed by atoms with Gasteiger partial charge in [0.2, 0.25) is 0 Å². The highest BCUT2D eigenvalue weighted by Crippen LogP contribution is 2.24. The van der Waals surface area contributed by atoms with E-state index in [0.717, 1.165) is 38.4 Å². The van der Waals surface area contributed by atoms with Crippen LogP contribution in [0.2, 0.25) is 0 Å². The molecule has 1 fully saturated rings. The van der Waals surface area contributed by atoms with E-state index in [1.165, 1.54) is 5.56 Å². The molecule has 3 heterocycles. The largest absolute Gasteiger partial charge is 0.493 e. The van der Waals surface area contributed by atoms with E-state index in [1.54, 1.807) is 7.11 Å². The molecule has 1 aromatic carbocycles. The first-order chi connectivity index (χ1) is 13.7. The van der Waals surface area contributed by atoms with Gasteiger partial charge in [0.05, 0.1) is 12.8 Å². The second-order valence-corrected chi connectivity index (χ2v) is 7.08. The lowest BCUT2D eigenvalue weighted by molar-refractivity contribution is 0.0620. The second kappa shape index (κ2) is 8.02. The molecule has 0 aliphatic carbocycles. The number of pyridine rings is 1. The molecule has 0 saturated carbocycles. The first-order valence-corrected chi connectivity index (χ1v) is 9.80. The molecule has 28 heavy (non-hydrogen) atoms. The number of aromatic nitrogens is 2. The summed E-state index contributed by atoms with van der Waals surface area (Å²) in [6.07, 6.45) is 2.60. The van der Waals surface area contributed by atoms with Crippen molar-refractivity contribution in [3.05, 3.63) is 65.6 Å². The van der Waals surface area contributed by atoms with E-state index < -0.39 is 0 Å². The van der Waals surface area contributed by atoms with Crippen LogP contribution in [0.1, 0.15) is 28.7 Å². The second-order valence-electron chi connectivity index (χ2n) is 7.08. The van der Waals surface area contributed by atoms with Gasteiger partial charge in [-0.3, -0.25) is 14.1 Å². The molecule has 0 N–H and O–H groups in total. The molecule has 0 spiro atoms. The summed E-state index contributed by atoms with van der Waals surface area (Å²) in [6, 6.07) is 14.2. The fraction of sp³-hybridized carbons (Fsp3) is 0.364. The standard InChI is InChI=1S/C22H26N4O2/c1-3-18-20(26-11-7-10-19(28-2)21(26)23-18)22(27)25-14-12-24(13-15-25)16-17-8-5-4-6-9-17/h4-11H,3,12-16H2,1-2H3. The van der Waals surface area contributed by atoms with Gasteiger partial charge < -0.3 is 9.64 Å². The number of amides is 1. The highest BCUT2D eigenvalue weighted by atomic mass is 16.5. The Labute approximate surface area is 165 Å². The normalized spacial score (nSPS) is 15.1. The minimum atomic E-state index is 0.0527. The van der Waals surface area contributed by atoms with Gasteiger partial charge in [0.25, 0.3) is 5.91 Å². The Bertz CT molecular complexity index is 959. The van der Waals surface area contributed by atoms with Crippen molar-refractivity contribution < 1.29 is 9.53 Å². The predicted octanol–water partition coefficient (Wildman–Crippen LogP) is 2.86. The van der Waals surface area contributed by atoms with Gasteiger partial charge in [-0.25, -0.2) is 4.98 Å². The molecule has 0 radical (unpaired) electrons. The number of carbonyl (C=O) groups is 1. The van der Waals surface area contributed by atoms with Gasteiger partial charge in [0.15, 0.2) is 11.4 Å². The molecule has 1 aliphatic heterocycles. The van der Waals surface area contributed by atoms with Crippen molar-refractivity contribution in [2.24, 2.45) is 0 Å². The van der Waals surface area contributed by atoms with Gasteiger partial charge in [-0.15, -0.1) is 0 Å². The molecule has 4 rings (SSSR count). The number of imidazole rings is 1. The molecule has 0 bridgehead atoms. The molecule has 3 aromatic rings. The van der Waals surface area contributed by atoms with Crippen LogP contribution in [0.5, 0.6) is 5.75 Å². The van der Waals surface area contributed by atoms with Crippen molar-refractivity contribution in [2.75, 3.05) is 33.3 Å². The van der Waals surface area contributed by atoms with Crippen LogP contribution in [-0.4, -0.2) is 58.4 Å². The van der Waals surface area contributed by atoms with E-state index in [4.69, 9.17) is 4.74 Å². The zero-order valence-corrected chi connectivity index (χ0v) is 16.5. The number of hydrogen-bond acceptors (Lipinski definition) is 4. The lowest BCUT2D eigenvalue weighted by atomic mass is 10.2. The summed E-state index contributed by atoms with van der Waals surface area (Å²) in [7, 11) is 1.63. The fourth-order valence-corrected chi connectivity index (χ4v) is 3.82. The third-order valence-electron chi connectivity index (χ3n) is 5.35. The average Bonchev–Trinajstić information content (AvgIpc) is 3.13. The minimum absolute atomic E-state index is 0.0527. The lowest BCUT2D eigenvalue weighted by Gasteiger charge is -2.34.